The Morgan fingerprint density at radius 1 is 1.27 bits per heavy atom. The second kappa shape index (κ2) is 9.72. The van der Waals surface area contributed by atoms with Crippen LogP contribution in [0.3, 0.4) is 0 Å². The zero-order valence-corrected chi connectivity index (χ0v) is 19.2. The lowest BCUT2D eigenvalue weighted by Gasteiger charge is -2.26. The van der Waals surface area contributed by atoms with Crippen molar-refractivity contribution in [1.29, 1.82) is 0 Å². The highest BCUT2D eigenvalue weighted by Gasteiger charge is 2.28. The highest BCUT2D eigenvalue weighted by molar-refractivity contribution is 5.94. The molecule has 3 aromatic rings. The number of rotatable bonds is 8. The topological polar surface area (TPSA) is 123 Å². The van der Waals surface area contributed by atoms with Crippen molar-refractivity contribution in [2.75, 3.05) is 32.3 Å². The number of benzene rings is 1. The Morgan fingerprint density at radius 2 is 2.03 bits per heavy atom. The summed E-state index contributed by atoms with van der Waals surface area (Å²) in [6.07, 6.45) is 1.32. The monoisotopic (exact) mass is 454 g/mol. The SMILES string of the molecule is COCOc1ccccc1CC(C)(C)c1cc2c(nn1)c(NC(=O)O)nn2C1CCNCC1. The first-order valence-electron chi connectivity index (χ1n) is 11.1. The maximum absolute atomic E-state index is 11.3. The molecule has 1 fully saturated rings. The van der Waals surface area contributed by atoms with Crippen LogP contribution in [-0.4, -0.2) is 58.2 Å². The minimum Gasteiger partial charge on any atom is -0.467 e. The molecule has 10 heteroatoms. The summed E-state index contributed by atoms with van der Waals surface area (Å²) < 4.78 is 12.7. The molecule has 10 nitrogen and oxygen atoms in total. The van der Waals surface area contributed by atoms with Crippen molar-refractivity contribution in [3.05, 3.63) is 41.6 Å². The van der Waals surface area contributed by atoms with Gasteiger partial charge in [0, 0.05) is 12.5 Å². The molecule has 1 saturated heterocycles. The third-order valence-electron chi connectivity index (χ3n) is 5.96. The van der Waals surface area contributed by atoms with Crippen molar-refractivity contribution in [1.82, 2.24) is 25.3 Å². The molecule has 0 aliphatic carbocycles. The number of carboxylic acid groups (broad SMARTS) is 1. The number of methoxy groups -OCH3 is 1. The van der Waals surface area contributed by atoms with Gasteiger partial charge in [0.1, 0.15) is 5.75 Å². The molecule has 1 aliphatic rings. The lowest BCUT2D eigenvalue weighted by molar-refractivity contribution is 0.0502. The molecule has 1 aromatic carbocycles. The fraction of sp³-hybridized carbons (Fsp3) is 0.478. The van der Waals surface area contributed by atoms with E-state index in [2.05, 4.69) is 39.8 Å². The first-order valence-corrected chi connectivity index (χ1v) is 11.1. The molecule has 0 atom stereocenters. The van der Waals surface area contributed by atoms with Crippen LogP contribution < -0.4 is 15.4 Å². The standard InChI is InChI=1S/C23H30N6O4/c1-23(2,13-15-6-4-5-7-18(15)33-14-32-3)19-12-17-20(27-26-19)21(25-22(30)31)28-29(17)16-8-10-24-11-9-16/h4-7,12,16,24H,8-11,13-14H2,1-3H3,(H,25,28)(H,30,31). The third kappa shape index (κ3) is 5.07. The maximum atomic E-state index is 11.3. The average molecular weight is 455 g/mol. The van der Waals surface area contributed by atoms with Gasteiger partial charge in [-0.2, -0.15) is 10.2 Å². The van der Waals surface area contributed by atoms with E-state index in [0.717, 1.165) is 48.5 Å². The molecule has 0 saturated carbocycles. The molecule has 33 heavy (non-hydrogen) atoms. The highest BCUT2D eigenvalue weighted by atomic mass is 16.7. The number of piperidine rings is 1. The number of nitrogens with one attached hydrogen (secondary N) is 2. The van der Waals surface area contributed by atoms with Gasteiger partial charge in [-0.05, 0) is 50.0 Å². The van der Waals surface area contributed by atoms with E-state index in [9.17, 15) is 9.90 Å². The van der Waals surface area contributed by atoms with Gasteiger partial charge >= 0.3 is 6.09 Å². The summed E-state index contributed by atoms with van der Waals surface area (Å²) in [5.74, 6) is 0.986. The number of nitrogens with zero attached hydrogens (tertiary/aromatic N) is 4. The number of ether oxygens (including phenoxy) is 2. The quantitative estimate of drug-likeness (QED) is 0.443. The highest BCUT2D eigenvalue weighted by Crippen LogP contribution is 2.34. The molecule has 4 rings (SSSR count). The van der Waals surface area contributed by atoms with Crippen LogP contribution in [0.1, 0.15) is 44.0 Å². The number of hydrogen-bond donors (Lipinski definition) is 3. The van der Waals surface area contributed by atoms with Crippen LogP contribution in [-0.2, 0) is 16.6 Å². The van der Waals surface area contributed by atoms with Gasteiger partial charge in [0.15, 0.2) is 18.1 Å². The van der Waals surface area contributed by atoms with Gasteiger partial charge in [0.05, 0.1) is 17.3 Å². The van der Waals surface area contributed by atoms with E-state index >= 15 is 0 Å². The Bertz CT molecular complexity index is 1120. The molecule has 0 spiro atoms. The minimum atomic E-state index is -1.18. The molecule has 1 aliphatic heterocycles. The Balaban J connectivity index is 1.71. The van der Waals surface area contributed by atoms with Crippen LogP contribution in [0.25, 0.3) is 11.0 Å². The van der Waals surface area contributed by atoms with Crippen LogP contribution in [0, 0.1) is 0 Å². The molecule has 0 unspecified atom stereocenters. The number of anilines is 1. The van der Waals surface area contributed by atoms with Crippen molar-refractivity contribution in [2.24, 2.45) is 0 Å². The smallest absolute Gasteiger partial charge is 0.410 e. The fourth-order valence-electron chi connectivity index (χ4n) is 4.26. The normalized spacial score (nSPS) is 15.0. The van der Waals surface area contributed by atoms with Gasteiger partial charge < -0.3 is 19.9 Å². The zero-order chi connectivity index (χ0) is 23.4. The first-order chi connectivity index (χ1) is 15.9. The van der Waals surface area contributed by atoms with Gasteiger partial charge in [0.2, 0.25) is 0 Å². The summed E-state index contributed by atoms with van der Waals surface area (Å²) in [6.45, 7) is 6.18. The average Bonchev–Trinajstić information content (AvgIpc) is 3.16. The van der Waals surface area contributed by atoms with Crippen molar-refractivity contribution in [3.63, 3.8) is 0 Å². The lowest BCUT2D eigenvalue weighted by Crippen LogP contribution is -2.30. The number of fused-ring (bicyclic) bond motifs is 1. The van der Waals surface area contributed by atoms with E-state index < -0.39 is 6.09 Å². The lowest BCUT2D eigenvalue weighted by atomic mass is 9.82. The molecule has 3 N–H and O–H groups in total. The van der Waals surface area contributed by atoms with Crippen molar-refractivity contribution < 1.29 is 19.4 Å². The van der Waals surface area contributed by atoms with Crippen LogP contribution in [0.15, 0.2) is 30.3 Å². The predicted octanol–water partition coefficient (Wildman–Crippen LogP) is 3.34. The van der Waals surface area contributed by atoms with E-state index in [1.807, 2.05) is 35.0 Å². The van der Waals surface area contributed by atoms with Gasteiger partial charge in [-0.3, -0.25) is 10.00 Å². The van der Waals surface area contributed by atoms with Gasteiger partial charge in [0.25, 0.3) is 0 Å². The Kier molecular flexibility index (Phi) is 6.75. The Hall–Kier alpha value is -3.24. The van der Waals surface area contributed by atoms with Crippen molar-refractivity contribution in [2.45, 2.75) is 44.6 Å². The number of para-hydroxylation sites is 1. The van der Waals surface area contributed by atoms with Crippen LogP contribution in [0.4, 0.5) is 10.6 Å². The summed E-state index contributed by atoms with van der Waals surface area (Å²) in [4.78, 5) is 11.3. The van der Waals surface area contributed by atoms with Gasteiger partial charge in [-0.25, -0.2) is 4.79 Å². The van der Waals surface area contributed by atoms with E-state index in [1.54, 1.807) is 7.11 Å². The van der Waals surface area contributed by atoms with E-state index in [0.29, 0.717) is 11.9 Å². The van der Waals surface area contributed by atoms with Crippen molar-refractivity contribution in [3.8, 4) is 5.75 Å². The van der Waals surface area contributed by atoms with Crippen molar-refractivity contribution >= 4 is 22.9 Å². The predicted molar refractivity (Wildman–Crippen MR) is 124 cm³/mol. The van der Waals surface area contributed by atoms with Gasteiger partial charge in [-0.1, -0.05) is 32.0 Å². The second-order valence-electron chi connectivity index (χ2n) is 8.89. The molecule has 0 radical (unpaired) electrons. The minimum absolute atomic E-state index is 0.168. The van der Waals surface area contributed by atoms with Crippen LogP contribution in [0.2, 0.25) is 0 Å². The number of aromatic nitrogens is 4. The van der Waals surface area contributed by atoms with E-state index in [1.165, 1.54) is 0 Å². The number of hydrogen-bond acceptors (Lipinski definition) is 7. The molecule has 0 bridgehead atoms. The van der Waals surface area contributed by atoms with Crippen LogP contribution in [0.5, 0.6) is 5.75 Å². The van der Waals surface area contributed by atoms with Gasteiger partial charge in [-0.15, -0.1) is 5.10 Å². The van der Waals surface area contributed by atoms with Crippen LogP contribution >= 0.6 is 0 Å². The summed E-state index contributed by atoms with van der Waals surface area (Å²) in [6, 6.07) is 10.0. The first kappa shape index (κ1) is 22.9. The molecular weight excluding hydrogens is 424 g/mol. The maximum Gasteiger partial charge on any atom is 0.410 e. The summed E-state index contributed by atoms with van der Waals surface area (Å²) in [5, 5.41) is 28.4. The molecule has 176 valence electrons. The van der Waals surface area contributed by atoms with E-state index in [-0.39, 0.29) is 24.1 Å². The largest absolute Gasteiger partial charge is 0.467 e. The second-order valence-corrected chi connectivity index (χ2v) is 8.89. The molecular formula is C23H30N6O4. The number of carbonyl (C=O) groups is 1. The van der Waals surface area contributed by atoms with E-state index in [4.69, 9.17) is 9.47 Å². The fourth-order valence-corrected chi connectivity index (χ4v) is 4.26. The molecule has 3 heterocycles. The number of amides is 1. The third-order valence-corrected chi connectivity index (χ3v) is 5.96. The summed E-state index contributed by atoms with van der Waals surface area (Å²) in [7, 11) is 1.59. The molecule has 1 amide bonds. The Morgan fingerprint density at radius 3 is 2.76 bits per heavy atom. The Labute approximate surface area is 192 Å². The molecule has 2 aromatic heterocycles. The zero-order valence-electron chi connectivity index (χ0n) is 19.2. The summed E-state index contributed by atoms with van der Waals surface area (Å²) in [5.41, 5.74) is 2.72. The summed E-state index contributed by atoms with van der Waals surface area (Å²) >= 11 is 0.